The van der Waals surface area contributed by atoms with Gasteiger partial charge < -0.3 is 15.2 Å². The van der Waals surface area contributed by atoms with Gasteiger partial charge in [-0.15, -0.1) is 0 Å². The highest BCUT2D eigenvalue weighted by Crippen LogP contribution is 2.21. The van der Waals surface area contributed by atoms with Crippen molar-refractivity contribution in [1.82, 2.24) is 4.98 Å². The number of rotatable bonds is 4. The summed E-state index contributed by atoms with van der Waals surface area (Å²) in [6.07, 6.45) is 3.03. The number of ether oxygens (including phenoxy) is 2. The number of nitrogens with zero attached hydrogens (tertiary/aromatic N) is 1. The molecule has 17 heavy (non-hydrogen) atoms. The lowest BCUT2D eigenvalue weighted by molar-refractivity contribution is 0.00686. The van der Waals surface area contributed by atoms with Gasteiger partial charge in [-0.2, -0.15) is 0 Å². The fourth-order valence-corrected chi connectivity index (χ4v) is 2.00. The quantitative estimate of drug-likeness (QED) is 0.859. The Morgan fingerprint density at radius 3 is 3.12 bits per heavy atom. The second-order valence-electron chi connectivity index (χ2n) is 4.39. The fourth-order valence-electron chi connectivity index (χ4n) is 2.00. The van der Waals surface area contributed by atoms with Crippen LogP contribution < -0.4 is 10.5 Å². The first kappa shape index (κ1) is 12.3. The van der Waals surface area contributed by atoms with Crippen molar-refractivity contribution in [3.8, 4) is 5.75 Å². The molecule has 0 aliphatic carbocycles. The van der Waals surface area contributed by atoms with Crippen molar-refractivity contribution in [2.75, 3.05) is 19.8 Å². The van der Waals surface area contributed by atoms with Crippen LogP contribution in [0.15, 0.2) is 12.1 Å². The maximum absolute atomic E-state index is 5.95. The van der Waals surface area contributed by atoms with Gasteiger partial charge in [0.25, 0.3) is 0 Å². The standard InChI is InChI=1S/C13H20N2O2/c1-10-4-5-13(12(15-10)6-7-14)17-11-3-2-8-16-9-11/h4-5,11H,2-3,6-9,14H2,1H3. The molecule has 1 aromatic rings. The molecule has 1 saturated heterocycles. The van der Waals surface area contributed by atoms with E-state index in [0.29, 0.717) is 13.2 Å². The molecule has 0 amide bonds. The second-order valence-corrected chi connectivity index (χ2v) is 4.39. The van der Waals surface area contributed by atoms with Crippen LogP contribution in [0.4, 0.5) is 0 Å². The summed E-state index contributed by atoms with van der Waals surface area (Å²) in [6.45, 7) is 4.10. The smallest absolute Gasteiger partial charge is 0.141 e. The highest BCUT2D eigenvalue weighted by atomic mass is 16.5. The predicted molar refractivity (Wildman–Crippen MR) is 66.2 cm³/mol. The van der Waals surface area contributed by atoms with E-state index < -0.39 is 0 Å². The van der Waals surface area contributed by atoms with Crippen molar-refractivity contribution < 1.29 is 9.47 Å². The normalized spacial score (nSPS) is 20.2. The largest absolute Gasteiger partial charge is 0.486 e. The third-order valence-electron chi connectivity index (χ3n) is 2.86. The van der Waals surface area contributed by atoms with Crippen LogP contribution in [-0.4, -0.2) is 30.8 Å². The highest BCUT2D eigenvalue weighted by molar-refractivity contribution is 5.29. The van der Waals surface area contributed by atoms with E-state index in [0.717, 1.165) is 43.0 Å². The lowest BCUT2D eigenvalue weighted by Crippen LogP contribution is -2.28. The molecule has 4 heteroatoms. The van der Waals surface area contributed by atoms with Crippen molar-refractivity contribution in [2.45, 2.75) is 32.3 Å². The molecular formula is C13H20N2O2. The van der Waals surface area contributed by atoms with Gasteiger partial charge in [0.1, 0.15) is 11.9 Å². The van der Waals surface area contributed by atoms with Crippen LogP contribution in [0, 0.1) is 6.92 Å². The molecule has 1 aliphatic rings. The zero-order valence-corrected chi connectivity index (χ0v) is 10.3. The number of hydrogen-bond donors (Lipinski definition) is 1. The SMILES string of the molecule is Cc1ccc(OC2CCCOC2)c(CCN)n1. The first-order valence-electron chi connectivity index (χ1n) is 6.20. The van der Waals surface area contributed by atoms with E-state index in [-0.39, 0.29) is 6.10 Å². The summed E-state index contributed by atoms with van der Waals surface area (Å²) in [5, 5.41) is 0. The summed E-state index contributed by atoms with van der Waals surface area (Å²) >= 11 is 0. The molecule has 1 atom stereocenters. The van der Waals surface area contributed by atoms with Crippen molar-refractivity contribution in [1.29, 1.82) is 0 Å². The molecule has 0 bridgehead atoms. The molecular weight excluding hydrogens is 216 g/mol. The Hall–Kier alpha value is -1.13. The number of aryl methyl sites for hydroxylation is 1. The Morgan fingerprint density at radius 2 is 2.41 bits per heavy atom. The van der Waals surface area contributed by atoms with Crippen molar-refractivity contribution in [3.05, 3.63) is 23.5 Å². The van der Waals surface area contributed by atoms with Crippen LogP contribution >= 0.6 is 0 Å². The van der Waals surface area contributed by atoms with Crippen LogP contribution in [0.3, 0.4) is 0 Å². The summed E-state index contributed by atoms with van der Waals surface area (Å²) in [5.74, 6) is 0.858. The average Bonchev–Trinajstić information content (AvgIpc) is 2.34. The predicted octanol–water partition coefficient (Wildman–Crippen LogP) is 1.45. The summed E-state index contributed by atoms with van der Waals surface area (Å²) in [4.78, 5) is 4.48. The third kappa shape index (κ3) is 3.41. The summed E-state index contributed by atoms with van der Waals surface area (Å²) in [7, 11) is 0. The van der Waals surface area contributed by atoms with E-state index in [1.807, 2.05) is 19.1 Å². The number of aromatic nitrogens is 1. The number of hydrogen-bond acceptors (Lipinski definition) is 4. The Balaban J connectivity index is 2.07. The average molecular weight is 236 g/mol. The van der Waals surface area contributed by atoms with E-state index in [2.05, 4.69) is 4.98 Å². The van der Waals surface area contributed by atoms with Gasteiger partial charge in [-0.25, -0.2) is 0 Å². The second kappa shape index (κ2) is 5.98. The Kier molecular flexibility index (Phi) is 4.34. The lowest BCUT2D eigenvalue weighted by atomic mass is 10.1. The molecule has 2 N–H and O–H groups in total. The molecule has 0 saturated carbocycles. The van der Waals surface area contributed by atoms with Crippen molar-refractivity contribution >= 4 is 0 Å². The van der Waals surface area contributed by atoms with E-state index in [1.54, 1.807) is 0 Å². The van der Waals surface area contributed by atoms with Crippen LogP contribution in [0.1, 0.15) is 24.2 Å². The van der Waals surface area contributed by atoms with E-state index in [4.69, 9.17) is 15.2 Å². The minimum atomic E-state index is 0.157. The highest BCUT2D eigenvalue weighted by Gasteiger charge is 2.17. The van der Waals surface area contributed by atoms with Gasteiger partial charge >= 0.3 is 0 Å². The maximum Gasteiger partial charge on any atom is 0.141 e. The van der Waals surface area contributed by atoms with E-state index in [1.165, 1.54) is 0 Å². The first-order valence-corrected chi connectivity index (χ1v) is 6.20. The van der Waals surface area contributed by atoms with E-state index in [9.17, 15) is 0 Å². The molecule has 2 heterocycles. The van der Waals surface area contributed by atoms with Crippen molar-refractivity contribution in [2.24, 2.45) is 5.73 Å². The number of nitrogens with two attached hydrogens (primary N) is 1. The van der Waals surface area contributed by atoms with Gasteiger partial charge in [-0.05, 0) is 38.4 Å². The summed E-state index contributed by atoms with van der Waals surface area (Å²) < 4.78 is 11.4. The first-order chi connectivity index (χ1) is 8.29. The zero-order chi connectivity index (χ0) is 12.1. The fraction of sp³-hybridized carbons (Fsp3) is 0.615. The molecule has 1 unspecified atom stereocenters. The van der Waals surface area contributed by atoms with Crippen LogP contribution in [0.2, 0.25) is 0 Å². The molecule has 0 radical (unpaired) electrons. The monoisotopic (exact) mass is 236 g/mol. The minimum Gasteiger partial charge on any atom is -0.486 e. The van der Waals surface area contributed by atoms with Gasteiger partial charge in [0.15, 0.2) is 0 Å². The van der Waals surface area contributed by atoms with Gasteiger partial charge in [-0.3, -0.25) is 4.98 Å². The molecule has 0 aromatic carbocycles. The van der Waals surface area contributed by atoms with Crippen LogP contribution in [-0.2, 0) is 11.2 Å². The zero-order valence-electron chi connectivity index (χ0n) is 10.3. The molecule has 1 fully saturated rings. The Morgan fingerprint density at radius 1 is 1.53 bits per heavy atom. The summed E-state index contributed by atoms with van der Waals surface area (Å²) in [5.41, 5.74) is 7.55. The molecule has 94 valence electrons. The van der Waals surface area contributed by atoms with Gasteiger partial charge in [0, 0.05) is 18.7 Å². The molecule has 1 aliphatic heterocycles. The molecule has 4 nitrogen and oxygen atoms in total. The number of pyridine rings is 1. The molecule has 1 aromatic heterocycles. The summed E-state index contributed by atoms with van der Waals surface area (Å²) in [6, 6.07) is 3.96. The van der Waals surface area contributed by atoms with Gasteiger partial charge in [0.2, 0.25) is 0 Å². The lowest BCUT2D eigenvalue weighted by Gasteiger charge is -2.24. The molecule has 2 rings (SSSR count). The topological polar surface area (TPSA) is 57.4 Å². The Labute approximate surface area is 102 Å². The van der Waals surface area contributed by atoms with Crippen LogP contribution in [0.25, 0.3) is 0 Å². The molecule has 0 spiro atoms. The van der Waals surface area contributed by atoms with E-state index >= 15 is 0 Å². The maximum atomic E-state index is 5.95. The van der Waals surface area contributed by atoms with Crippen LogP contribution in [0.5, 0.6) is 5.75 Å². The Bertz CT molecular complexity index is 362. The van der Waals surface area contributed by atoms with Crippen molar-refractivity contribution in [3.63, 3.8) is 0 Å². The van der Waals surface area contributed by atoms with Gasteiger partial charge in [-0.1, -0.05) is 0 Å². The minimum absolute atomic E-state index is 0.157. The third-order valence-corrected chi connectivity index (χ3v) is 2.86. The van der Waals surface area contributed by atoms with Gasteiger partial charge in [0.05, 0.1) is 12.3 Å².